The summed E-state index contributed by atoms with van der Waals surface area (Å²) in [7, 11) is 0. The van der Waals surface area contributed by atoms with Crippen LogP contribution in [0.5, 0.6) is 0 Å². The van der Waals surface area contributed by atoms with E-state index < -0.39 is 0 Å². The number of nitrogens with one attached hydrogen (secondary N) is 3. The summed E-state index contributed by atoms with van der Waals surface area (Å²) >= 11 is 1.82. The molecule has 2 aliphatic carbocycles. The molecule has 0 spiro atoms. The van der Waals surface area contributed by atoms with Gasteiger partial charge in [-0.05, 0) is 37.6 Å². The van der Waals surface area contributed by atoms with E-state index in [9.17, 15) is 4.79 Å². The van der Waals surface area contributed by atoms with Gasteiger partial charge in [0.05, 0.1) is 11.3 Å². The van der Waals surface area contributed by atoms with Gasteiger partial charge >= 0.3 is 0 Å². The molecule has 5 rings (SSSR count). The second-order valence-corrected chi connectivity index (χ2v) is 8.70. The van der Waals surface area contributed by atoms with Crippen molar-refractivity contribution >= 4 is 17.5 Å². The zero-order valence-electron chi connectivity index (χ0n) is 12.4. The number of piperidine rings is 2. The van der Waals surface area contributed by atoms with Crippen LogP contribution >= 0.6 is 11.8 Å². The highest BCUT2D eigenvalue weighted by molar-refractivity contribution is 8.00. The number of hydrogen-bond donors (Lipinski definition) is 3. The zero-order valence-corrected chi connectivity index (χ0v) is 13.2. The Kier molecular flexibility index (Phi) is 3.15. The van der Waals surface area contributed by atoms with Crippen molar-refractivity contribution < 1.29 is 4.79 Å². The lowest BCUT2D eigenvalue weighted by molar-refractivity contribution is -0.131. The van der Waals surface area contributed by atoms with Gasteiger partial charge in [0.15, 0.2) is 5.78 Å². The molecular formula is C16H25N3OS. The van der Waals surface area contributed by atoms with E-state index in [0.29, 0.717) is 29.8 Å². The molecule has 0 aromatic heterocycles. The molecule has 2 saturated carbocycles. The molecule has 3 heterocycles. The maximum atomic E-state index is 13.0. The van der Waals surface area contributed by atoms with Crippen molar-refractivity contribution in [2.45, 2.75) is 61.5 Å². The van der Waals surface area contributed by atoms with Crippen LogP contribution < -0.4 is 16.0 Å². The Morgan fingerprint density at radius 2 is 1.90 bits per heavy atom. The average Bonchev–Trinajstić information content (AvgIpc) is 3.02. The molecule has 3 aliphatic heterocycles. The number of carbonyl (C=O) groups is 1. The van der Waals surface area contributed by atoms with Crippen molar-refractivity contribution in [1.29, 1.82) is 0 Å². The summed E-state index contributed by atoms with van der Waals surface area (Å²) in [6, 6.07) is 1.61. The minimum atomic E-state index is 0.126. The van der Waals surface area contributed by atoms with Crippen LogP contribution in [0.2, 0.25) is 0 Å². The molecule has 0 aromatic rings. The number of rotatable bonds is 0. The van der Waals surface area contributed by atoms with Crippen LogP contribution in [0.3, 0.4) is 0 Å². The molecule has 0 aromatic carbocycles. The summed E-state index contributed by atoms with van der Waals surface area (Å²) in [6.45, 7) is 1.14. The van der Waals surface area contributed by atoms with Gasteiger partial charge in [-0.3, -0.25) is 4.79 Å². The Morgan fingerprint density at radius 1 is 1.00 bits per heavy atom. The molecule has 5 aliphatic rings. The van der Waals surface area contributed by atoms with Crippen LogP contribution in [0.15, 0.2) is 0 Å². The molecule has 8 unspecified atom stereocenters. The first-order valence-electron chi connectivity index (χ1n) is 8.73. The smallest absolute Gasteiger partial charge is 0.164 e. The molecule has 8 atom stereocenters. The topological polar surface area (TPSA) is 53.2 Å². The molecule has 5 heteroatoms. The molecule has 0 amide bonds. The first-order valence-corrected chi connectivity index (χ1v) is 9.77. The Morgan fingerprint density at radius 3 is 2.86 bits per heavy atom. The van der Waals surface area contributed by atoms with Crippen LogP contribution in [0.4, 0.5) is 0 Å². The van der Waals surface area contributed by atoms with E-state index in [0.717, 1.165) is 24.3 Å². The normalized spacial score (nSPS) is 55.5. The minimum Gasteiger partial charge on any atom is -0.312 e. The Bertz CT molecular complexity index is 459. The molecule has 116 valence electrons. The van der Waals surface area contributed by atoms with Gasteiger partial charge in [0.25, 0.3) is 0 Å². The minimum absolute atomic E-state index is 0.126. The number of Topliss-reactive ketones (excluding diaryl/α,β-unsaturated/α-hetero) is 1. The number of thioether (sulfide) groups is 1. The van der Waals surface area contributed by atoms with Crippen molar-refractivity contribution in [3.05, 3.63) is 0 Å². The molecule has 5 fully saturated rings. The predicted molar refractivity (Wildman–Crippen MR) is 84.2 cm³/mol. The molecular weight excluding hydrogens is 282 g/mol. The first kappa shape index (κ1) is 13.3. The molecule has 0 bridgehead atoms. The lowest BCUT2D eigenvalue weighted by Crippen LogP contribution is -2.75. The highest BCUT2D eigenvalue weighted by atomic mass is 32.2. The van der Waals surface area contributed by atoms with E-state index in [1.165, 1.54) is 32.1 Å². The van der Waals surface area contributed by atoms with Gasteiger partial charge in [-0.25, -0.2) is 0 Å². The summed E-state index contributed by atoms with van der Waals surface area (Å²) in [5, 5.41) is 11.4. The fraction of sp³-hybridized carbons (Fsp3) is 0.938. The van der Waals surface area contributed by atoms with E-state index >= 15 is 0 Å². The monoisotopic (exact) mass is 307 g/mol. The van der Waals surface area contributed by atoms with Gasteiger partial charge in [-0.2, -0.15) is 0 Å². The van der Waals surface area contributed by atoms with Crippen LogP contribution in [0, 0.1) is 17.8 Å². The van der Waals surface area contributed by atoms with Gasteiger partial charge in [0.1, 0.15) is 0 Å². The van der Waals surface area contributed by atoms with Crippen LogP contribution in [0.1, 0.15) is 32.1 Å². The highest BCUT2D eigenvalue weighted by Gasteiger charge is 2.59. The Hall–Kier alpha value is -0.100. The number of carbonyl (C=O) groups excluding carboxylic acids is 1. The van der Waals surface area contributed by atoms with E-state index in [-0.39, 0.29) is 11.3 Å². The van der Waals surface area contributed by atoms with Gasteiger partial charge in [-0.1, -0.05) is 12.8 Å². The van der Waals surface area contributed by atoms with Gasteiger partial charge < -0.3 is 16.0 Å². The summed E-state index contributed by atoms with van der Waals surface area (Å²) in [5.41, 5.74) is 0. The van der Waals surface area contributed by atoms with E-state index in [4.69, 9.17) is 0 Å². The average molecular weight is 307 g/mol. The molecule has 4 nitrogen and oxygen atoms in total. The van der Waals surface area contributed by atoms with Crippen molar-refractivity contribution in [2.75, 3.05) is 12.4 Å². The first-order chi connectivity index (χ1) is 10.3. The summed E-state index contributed by atoms with van der Waals surface area (Å²) in [5.74, 6) is 3.55. The van der Waals surface area contributed by atoms with Gasteiger partial charge in [0, 0.05) is 29.9 Å². The summed E-state index contributed by atoms with van der Waals surface area (Å²) in [4.78, 5) is 13.0. The van der Waals surface area contributed by atoms with Crippen molar-refractivity contribution in [3.63, 3.8) is 0 Å². The highest BCUT2D eigenvalue weighted by Crippen LogP contribution is 2.48. The lowest BCUT2D eigenvalue weighted by atomic mass is 9.57. The summed E-state index contributed by atoms with van der Waals surface area (Å²) in [6.07, 6.45) is 6.68. The van der Waals surface area contributed by atoms with Crippen molar-refractivity contribution in [2.24, 2.45) is 17.8 Å². The maximum absolute atomic E-state index is 13.0. The van der Waals surface area contributed by atoms with Gasteiger partial charge in [-0.15, -0.1) is 11.8 Å². The zero-order chi connectivity index (χ0) is 14.0. The second-order valence-electron chi connectivity index (χ2n) is 7.57. The quantitative estimate of drug-likeness (QED) is 0.616. The molecule has 21 heavy (non-hydrogen) atoms. The fourth-order valence-electron chi connectivity index (χ4n) is 6.02. The lowest BCUT2D eigenvalue weighted by Gasteiger charge is -2.58. The van der Waals surface area contributed by atoms with Crippen LogP contribution in [0.25, 0.3) is 0 Å². The van der Waals surface area contributed by atoms with Crippen molar-refractivity contribution in [3.8, 4) is 0 Å². The number of ketones is 1. The molecule has 3 N–H and O–H groups in total. The number of hydrogen-bond acceptors (Lipinski definition) is 5. The maximum Gasteiger partial charge on any atom is 0.164 e. The molecule has 0 radical (unpaired) electrons. The third kappa shape index (κ3) is 1.84. The van der Waals surface area contributed by atoms with E-state index in [2.05, 4.69) is 16.0 Å². The van der Waals surface area contributed by atoms with Crippen LogP contribution in [-0.2, 0) is 4.79 Å². The van der Waals surface area contributed by atoms with Crippen LogP contribution in [-0.4, -0.2) is 47.6 Å². The fourth-order valence-corrected chi connectivity index (χ4v) is 7.27. The SMILES string of the molecule is O=C1C2NC3CCCCC3C3CCNC(C4NCSC14)C23. The van der Waals surface area contributed by atoms with E-state index in [1.54, 1.807) is 0 Å². The number of fused-ring (bicyclic) bond motifs is 4. The van der Waals surface area contributed by atoms with Gasteiger partial charge in [0.2, 0.25) is 0 Å². The second kappa shape index (κ2) is 4.95. The van der Waals surface area contributed by atoms with E-state index in [1.807, 2.05) is 11.8 Å². The largest absolute Gasteiger partial charge is 0.312 e. The van der Waals surface area contributed by atoms with Crippen molar-refractivity contribution in [1.82, 2.24) is 16.0 Å². The predicted octanol–water partition coefficient (Wildman–Crippen LogP) is 0.725. The Labute approximate surface area is 130 Å². The molecule has 3 saturated heterocycles. The third-order valence-electron chi connectivity index (χ3n) is 6.80. The summed E-state index contributed by atoms with van der Waals surface area (Å²) < 4.78 is 0. The standard InChI is InChI=1S/C16H25N3OS/c20-15-13-11-9(8-3-1-2-4-10(8)19-13)5-6-17-12(11)14-16(15)21-7-18-14/h8-14,16-19H,1-7H2. The third-order valence-corrected chi connectivity index (χ3v) is 8.01. The Balaban J connectivity index is 1.53.